The highest BCUT2D eigenvalue weighted by molar-refractivity contribution is 7.80. The third-order valence-corrected chi connectivity index (χ3v) is 5.99. The first-order chi connectivity index (χ1) is 13.0. The van der Waals surface area contributed by atoms with E-state index in [1.807, 2.05) is 24.0 Å². The van der Waals surface area contributed by atoms with Crippen LogP contribution in [0.1, 0.15) is 18.4 Å². The van der Waals surface area contributed by atoms with Gasteiger partial charge in [0.25, 0.3) is 0 Å². The van der Waals surface area contributed by atoms with Crippen LogP contribution in [0.4, 0.5) is 0 Å². The Labute approximate surface area is 167 Å². The first-order valence-electron chi connectivity index (χ1n) is 9.67. The molecule has 2 aliphatic rings. The fraction of sp³-hybridized carbons (Fsp3) is 0.600. The lowest BCUT2D eigenvalue weighted by molar-refractivity contribution is -0.137. The molecule has 1 aromatic rings. The van der Waals surface area contributed by atoms with Gasteiger partial charge in [0.05, 0.1) is 13.0 Å². The highest BCUT2D eigenvalue weighted by Crippen LogP contribution is 2.35. The SMILES string of the molecule is CCNC(=S)N1CC(C(=O)N2CCN(C)CC2)C(c2cccc(OC)c2)C1. The number of nitrogens with one attached hydrogen (secondary N) is 1. The Hall–Kier alpha value is -1.86. The van der Waals surface area contributed by atoms with Gasteiger partial charge in [-0.3, -0.25) is 4.79 Å². The summed E-state index contributed by atoms with van der Waals surface area (Å²) in [5.41, 5.74) is 1.14. The van der Waals surface area contributed by atoms with Gasteiger partial charge in [-0.1, -0.05) is 12.1 Å². The van der Waals surface area contributed by atoms with Crippen molar-refractivity contribution in [2.45, 2.75) is 12.8 Å². The quantitative estimate of drug-likeness (QED) is 0.784. The second-order valence-corrected chi connectivity index (χ2v) is 7.75. The Morgan fingerprint density at radius 3 is 2.63 bits per heavy atom. The zero-order valence-electron chi connectivity index (χ0n) is 16.5. The predicted molar refractivity (Wildman–Crippen MR) is 111 cm³/mol. The van der Waals surface area contributed by atoms with E-state index in [-0.39, 0.29) is 17.7 Å². The van der Waals surface area contributed by atoms with Gasteiger partial charge >= 0.3 is 0 Å². The summed E-state index contributed by atoms with van der Waals surface area (Å²) in [6.07, 6.45) is 0. The van der Waals surface area contributed by atoms with Crippen LogP contribution in [-0.2, 0) is 4.79 Å². The Balaban J connectivity index is 1.82. The van der Waals surface area contributed by atoms with Crippen molar-refractivity contribution in [1.82, 2.24) is 20.0 Å². The summed E-state index contributed by atoms with van der Waals surface area (Å²) in [7, 11) is 3.78. The van der Waals surface area contributed by atoms with Gasteiger partial charge in [0.2, 0.25) is 5.91 Å². The van der Waals surface area contributed by atoms with Crippen molar-refractivity contribution in [2.24, 2.45) is 5.92 Å². The van der Waals surface area contributed by atoms with Crippen LogP contribution >= 0.6 is 12.2 Å². The summed E-state index contributed by atoms with van der Waals surface area (Å²) in [5, 5.41) is 3.96. The highest BCUT2D eigenvalue weighted by atomic mass is 32.1. The van der Waals surface area contributed by atoms with Gasteiger partial charge in [-0.15, -0.1) is 0 Å². The van der Waals surface area contributed by atoms with E-state index in [0.717, 1.165) is 55.7 Å². The number of rotatable bonds is 4. The molecule has 3 rings (SSSR count). The number of amides is 1. The van der Waals surface area contributed by atoms with E-state index in [2.05, 4.69) is 34.3 Å². The fourth-order valence-electron chi connectivity index (χ4n) is 3.95. The number of methoxy groups -OCH3 is 1. The first kappa shape index (κ1) is 19.9. The summed E-state index contributed by atoms with van der Waals surface area (Å²) in [6.45, 7) is 7.71. The predicted octanol–water partition coefficient (Wildman–Crippen LogP) is 1.38. The molecule has 0 aliphatic carbocycles. The maximum Gasteiger partial charge on any atom is 0.228 e. The minimum absolute atomic E-state index is 0.0860. The van der Waals surface area contributed by atoms with Crippen LogP contribution in [0.2, 0.25) is 0 Å². The number of hydrogen-bond donors (Lipinski definition) is 1. The zero-order valence-corrected chi connectivity index (χ0v) is 17.3. The molecular formula is C20H30N4O2S. The molecular weight excluding hydrogens is 360 g/mol. The number of benzene rings is 1. The Morgan fingerprint density at radius 2 is 1.96 bits per heavy atom. The van der Waals surface area contributed by atoms with Crippen LogP contribution < -0.4 is 10.1 Å². The van der Waals surface area contributed by atoms with E-state index in [0.29, 0.717) is 6.54 Å². The Kier molecular flexibility index (Phi) is 6.55. The number of piperazine rings is 1. The van der Waals surface area contributed by atoms with E-state index in [1.165, 1.54) is 0 Å². The molecule has 7 heteroatoms. The van der Waals surface area contributed by atoms with Crippen molar-refractivity contribution < 1.29 is 9.53 Å². The molecule has 0 bridgehead atoms. The number of carbonyl (C=O) groups is 1. The third-order valence-electron chi connectivity index (χ3n) is 5.59. The molecule has 148 valence electrons. The molecule has 2 fully saturated rings. The van der Waals surface area contributed by atoms with Crippen molar-refractivity contribution in [1.29, 1.82) is 0 Å². The van der Waals surface area contributed by atoms with Gasteiger partial charge in [0.1, 0.15) is 5.75 Å². The van der Waals surface area contributed by atoms with Gasteiger partial charge in [0.15, 0.2) is 5.11 Å². The number of nitrogens with zero attached hydrogens (tertiary/aromatic N) is 3. The first-order valence-corrected chi connectivity index (χ1v) is 10.1. The van der Waals surface area contributed by atoms with E-state index >= 15 is 0 Å². The number of thiocarbonyl (C=S) groups is 1. The third kappa shape index (κ3) is 4.52. The molecule has 2 heterocycles. The molecule has 1 N–H and O–H groups in total. The molecule has 27 heavy (non-hydrogen) atoms. The minimum atomic E-state index is -0.0860. The van der Waals surface area contributed by atoms with Gasteiger partial charge in [-0.2, -0.15) is 0 Å². The molecule has 2 aliphatic heterocycles. The van der Waals surface area contributed by atoms with Crippen LogP contribution in [0.15, 0.2) is 24.3 Å². The fourth-order valence-corrected chi connectivity index (χ4v) is 4.25. The molecule has 2 saturated heterocycles. The molecule has 0 saturated carbocycles. The summed E-state index contributed by atoms with van der Waals surface area (Å²) < 4.78 is 5.40. The molecule has 1 aromatic carbocycles. The molecule has 6 nitrogen and oxygen atoms in total. The van der Waals surface area contributed by atoms with Crippen molar-refractivity contribution in [2.75, 3.05) is 60.0 Å². The van der Waals surface area contributed by atoms with E-state index in [9.17, 15) is 4.79 Å². The zero-order chi connectivity index (χ0) is 19.4. The summed E-state index contributed by atoms with van der Waals surface area (Å²) >= 11 is 5.53. The summed E-state index contributed by atoms with van der Waals surface area (Å²) in [6, 6.07) is 8.08. The maximum absolute atomic E-state index is 13.4. The van der Waals surface area contributed by atoms with Gasteiger partial charge in [-0.25, -0.2) is 0 Å². The number of likely N-dealkylation sites (tertiary alicyclic amines) is 1. The van der Waals surface area contributed by atoms with Gasteiger partial charge in [0, 0.05) is 51.7 Å². The second-order valence-electron chi connectivity index (χ2n) is 7.36. The molecule has 2 unspecified atom stereocenters. The standard InChI is InChI=1S/C20H30N4O2S/c1-4-21-20(27)24-13-17(15-6-5-7-16(12-15)26-3)18(14-24)19(25)23-10-8-22(2)9-11-23/h5-7,12,17-18H,4,8-11,13-14H2,1-3H3,(H,21,27). The van der Waals surface area contributed by atoms with E-state index in [4.69, 9.17) is 17.0 Å². The Bertz CT molecular complexity index is 676. The van der Waals surface area contributed by atoms with Crippen molar-refractivity contribution in [3.63, 3.8) is 0 Å². The van der Waals surface area contributed by atoms with Crippen molar-refractivity contribution in [3.8, 4) is 5.75 Å². The van der Waals surface area contributed by atoms with Gasteiger partial charge in [-0.05, 0) is 43.9 Å². The van der Waals surface area contributed by atoms with Crippen molar-refractivity contribution >= 4 is 23.2 Å². The van der Waals surface area contributed by atoms with E-state index < -0.39 is 0 Å². The van der Waals surface area contributed by atoms with Crippen LogP contribution in [0.25, 0.3) is 0 Å². The number of ether oxygens (including phenoxy) is 1. The lowest BCUT2D eigenvalue weighted by Crippen LogP contribution is -2.50. The summed E-state index contributed by atoms with van der Waals surface area (Å²) in [5.74, 6) is 1.10. The lowest BCUT2D eigenvalue weighted by Gasteiger charge is -2.35. The normalized spacial score (nSPS) is 23.4. The minimum Gasteiger partial charge on any atom is -0.497 e. The average Bonchev–Trinajstić information content (AvgIpc) is 3.14. The topological polar surface area (TPSA) is 48.1 Å². The van der Waals surface area contributed by atoms with Crippen LogP contribution in [0, 0.1) is 5.92 Å². The number of hydrogen-bond acceptors (Lipinski definition) is 4. The smallest absolute Gasteiger partial charge is 0.228 e. The second kappa shape index (κ2) is 8.89. The maximum atomic E-state index is 13.4. The van der Waals surface area contributed by atoms with E-state index in [1.54, 1.807) is 7.11 Å². The van der Waals surface area contributed by atoms with Crippen molar-refractivity contribution in [3.05, 3.63) is 29.8 Å². The molecule has 1 amide bonds. The van der Waals surface area contributed by atoms with Crippen LogP contribution in [0.3, 0.4) is 0 Å². The molecule has 2 atom stereocenters. The number of carbonyl (C=O) groups excluding carboxylic acids is 1. The molecule has 0 radical (unpaired) electrons. The Morgan fingerprint density at radius 1 is 1.22 bits per heavy atom. The molecule has 0 spiro atoms. The molecule has 0 aromatic heterocycles. The largest absolute Gasteiger partial charge is 0.497 e. The number of likely N-dealkylation sites (N-methyl/N-ethyl adjacent to an activating group) is 1. The summed E-state index contributed by atoms with van der Waals surface area (Å²) in [4.78, 5) is 19.8. The van der Waals surface area contributed by atoms with Crippen LogP contribution in [-0.4, -0.2) is 85.7 Å². The lowest BCUT2D eigenvalue weighted by atomic mass is 9.87. The van der Waals surface area contributed by atoms with Crippen LogP contribution in [0.5, 0.6) is 5.75 Å². The monoisotopic (exact) mass is 390 g/mol. The van der Waals surface area contributed by atoms with Gasteiger partial charge < -0.3 is 24.8 Å². The highest BCUT2D eigenvalue weighted by Gasteiger charge is 2.41. The average molecular weight is 391 g/mol.